The fraction of sp³-hybridized carbons (Fsp3) is 0.308. The average molecular weight is 406 g/mol. The molecule has 2 nitrogen and oxygen atoms in total. The summed E-state index contributed by atoms with van der Waals surface area (Å²) in [6, 6.07) is 27.4. The second kappa shape index (κ2) is 9.47. The van der Waals surface area contributed by atoms with Crippen LogP contribution >= 0.6 is 11.6 Å². The number of para-hydroxylation sites is 1. The fourth-order valence-electron chi connectivity index (χ4n) is 4.22. The number of nitrogens with zero attached hydrogens (tertiary/aromatic N) is 1. The van der Waals surface area contributed by atoms with Gasteiger partial charge in [0.15, 0.2) is 0 Å². The molecular formula is C26H28ClNO. The predicted molar refractivity (Wildman–Crippen MR) is 121 cm³/mol. The number of likely N-dealkylation sites (tertiary alicyclic amines) is 1. The van der Waals surface area contributed by atoms with E-state index in [0.717, 1.165) is 38.2 Å². The lowest BCUT2D eigenvalue weighted by atomic mass is 9.87. The molecule has 0 spiro atoms. The van der Waals surface area contributed by atoms with Crippen LogP contribution in [0.15, 0.2) is 78.9 Å². The van der Waals surface area contributed by atoms with Crippen molar-refractivity contribution in [3.63, 3.8) is 0 Å². The van der Waals surface area contributed by atoms with E-state index >= 15 is 0 Å². The smallest absolute Gasteiger partial charge is 0.138 e. The summed E-state index contributed by atoms with van der Waals surface area (Å²) in [5, 5.41) is 0.682. The molecule has 0 radical (unpaired) electrons. The second-order valence-electron chi connectivity index (χ2n) is 7.93. The van der Waals surface area contributed by atoms with Crippen molar-refractivity contribution in [2.75, 3.05) is 19.6 Å². The monoisotopic (exact) mass is 405 g/mol. The lowest BCUT2D eigenvalue weighted by molar-refractivity contribution is 0.0784. The van der Waals surface area contributed by atoms with Gasteiger partial charge in [-0.25, -0.2) is 0 Å². The molecular weight excluding hydrogens is 378 g/mol. The molecule has 0 bridgehead atoms. The number of benzene rings is 3. The first kappa shape index (κ1) is 20.0. The first-order valence-corrected chi connectivity index (χ1v) is 10.8. The molecule has 2 atom stereocenters. The molecule has 0 aliphatic carbocycles. The Hall–Kier alpha value is -2.29. The van der Waals surface area contributed by atoms with E-state index in [9.17, 15) is 0 Å². The van der Waals surface area contributed by atoms with Crippen LogP contribution in [-0.4, -0.2) is 30.6 Å². The van der Waals surface area contributed by atoms with Crippen molar-refractivity contribution in [2.45, 2.75) is 31.8 Å². The van der Waals surface area contributed by atoms with E-state index in [4.69, 9.17) is 16.3 Å². The molecule has 1 saturated heterocycles. The van der Waals surface area contributed by atoms with Gasteiger partial charge in [0.05, 0.1) is 5.02 Å². The van der Waals surface area contributed by atoms with Gasteiger partial charge >= 0.3 is 0 Å². The summed E-state index contributed by atoms with van der Waals surface area (Å²) in [7, 11) is 0. The van der Waals surface area contributed by atoms with Crippen molar-refractivity contribution in [3.8, 4) is 5.75 Å². The maximum atomic E-state index is 6.42. The summed E-state index contributed by atoms with van der Waals surface area (Å²) < 4.78 is 6.42. The van der Waals surface area contributed by atoms with E-state index in [-0.39, 0.29) is 6.10 Å². The molecule has 0 amide bonds. The van der Waals surface area contributed by atoms with Gasteiger partial charge in [-0.3, -0.25) is 0 Å². The van der Waals surface area contributed by atoms with E-state index in [1.54, 1.807) is 0 Å². The van der Waals surface area contributed by atoms with Crippen molar-refractivity contribution in [2.24, 2.45) is 0 Å². The van der Waals surface area contributed by atoms with Gasteiger partial charge in [0, 0.05) is 25.6 Å². The van der Waals surface area contributed by atoms with E-state index in [2.05, 4.69) is 66.4 Å². The molecule has 29 heavy (non-hydrogen) atoms. The summed E-state index contributed by atoms with van der Waals surface area (Å²) in [4.78, 5) is 2.58. The number of piperidine rings is 1. The van der Waals surface area contributed by atoms with Crippen LogP contribution < -0.4 is 4.74 Å². The van der Waals surface area contributed by atoms with Gasteiger partial charge in [0.25, 0.3) is 0 Å². The first-order chi connectivity index (χ1) is 14.2. The van der Waals surface area contributed by atoms with Crippen LogP contribution in [0, 0.1) is 6.92 Å². The number of halogens is 1. The zero-order valence-electron chi connectivity index (χ0n) is 16.9. The predicted octanol–water partition coefficient (Wildman–Crippen LogP) is 6.13. The van der Waals surface area contributed by atoms with Crippen molar-refractivity contribution in [1.29, 1.82) is 0 Å². The van der Waals surface area contributed by atoms with Crippen LogP contribution in [0.2, 0.25) is 5.02 Å². The minimum Gasteiger partial charge on any atom is -0.488 e. The molecule has 1 aliphatic heterocycles. The molecule has 0 unspecified atom stereocenters. The number of hydrogen-bond acceptors (Lipinski definition) is 2. The summed E-state index contributed by atoms with van der Waals surface area (Å²) in [6.45, 7) is 5.29. The average Bonchev–Trinajstić information content (AvgIpc) is 2.75. The number of ether oxygens (including phenoxy) is 1. The SMILES string of the molecule is Cc1cccc(CCN2CC[C@H](Oc3ccccc3Cl)[C@H](c3ccccc3)C2)c1. The molecule has 1 heterocycles. The molecule has 0 N–H and O–H groups in total. The zero-order valence-corrected chi connectivity index (χ0v) is 17.7. The minimum absolute atomic E-state index is 0.132. The molecule has 3 heteroatoms. The van der Waals surface area contributed by atoms with Crippen LogP contribution in [0.3, 0.4) is 0 Å². The molecule has 3 aromatic rings. The Morgan fingerprint density at radius 1 is 0.966 bits per heavy atom. The van der Waals surface area contributed by atoms with Crippen LogP contribution in [-0.2, 0) is 6.42 Å². The van der Waals surface area contributed by atoms with Crippen molar-refractivity contribution in [3.05, 3.63) is 101 Å². The third kappa shape index (κ3) is 5.20. The highest BCUT2D eigenvalue weighted by Gasteiger charge is 2.32. The molecule has 1 fully saturated rings. The summed E-state index contributed by atoms with van der Waals surface area (Å²) >= 11 is 6.36. The van der Waals surface area contributed by atoms with Crippen molar-refractivity contribution in [1.82, 2.24) is 4.90 Å². The summed E-state index contributed by atoms with van der Waals surface area (Å²) in [6.07, 6.45) is 2.21. The van der Waals surface area contributed by atoms with Crippen LogP contribution in [0.5, 0.6) is 5.75 Å². The highest BCUT2D eigenvalue weighted by Crippen LogP contribution is 2.33. The number of aryl methyl sites for hydroxylation is 1. The van der Waals surface area contributed by atoms with Gasteiger partial charge in [-0.15, -0.1) is 0 Å². The molecule has 150 valence electrons. The van der Waals surface area contributed by atoms with Crippen molar-refractivity contribution >= 4 is 11.6 Å². The van der Waals surface area contributed by atoms with Gasteiger partial charge in [0.1, 0.15) is 11.9 Å². The molecule has 0 saturated carbocycles. The maximum Gasteiger partial charge on any atom is 0.138 e. The highest BCUT2D eigenvalue weighted by atomic mass is 35.5. The van der Waals surface area contributed by atoms with E-state index in [1.165, 1.54) is 16.7 Å². The Morgan fingerprint density at radius 2 is 1.76 bits per heavy atom. The molecule has 1 aliphatic rings. The zero-order chi connectivity index (χ0) is 20.1. The summed E-state index contributed by atoms with van der Waals surface area (Å²) in [5.74, 6) is 1.12. The van der Waals surface area contributed by atoms with Gasteiger partial charge < -0.3 is 9.64 Å². The van der Waals surface area contributed by atoms with Gasteiger partial charge in [-0.05, 0) is 43.0 Å². The van der Waals surface area contributed by atoms with Crippen LogP contribution in [0.4, 0.5) is 0 Å². The Labute approximate surface area is 179 Å². The highest BCUT2D eigenvalue weighted by molar-refractivity contribution is 6.32. The van der Waals surface area contributed by atoms with E-state index in [1.807, 2.05) is 24.3 Å². The topological polar surface area (TPSA) is 12.5 Å². The van der Waals surface area contributed by atoms with Crippen molar-refractivity contribution < 1.29 is 4.74 Å². The molecule has 0 aromatic heterocycles. The quantitative estimate of drug-likeness (QED) is 0.489. The first-order valence-electron chi connectivity index (χ1n) is 10.4. The third-order valence-corrected chi connectivity index (χ3v) is 6.09. The fourth-order valence-corrected chi connectivity index (χ4v) is 4.40. The molecule has 3 aromatic carbocycles. The van der Waals surface area contributed by atoms with Gasteiger partial charge in [-0.2, -0.15) is 0 Å². The molecule has 4 rings (SSSR count). The Morgan fingerprint density at radius 3 is 2.55 bits per heavy atom. The Bertz CT molecular complexity index is 927. The van der Waals surface area contributed by atoms with E-state index in [0.29, 0.717) is 10.9 Å². The lowest BCUT2D eigenvalue weighted by Crippen LogP contribution is -2.44. The van der Waals surface area contributed by atoms with Crippen LogP contribution in [0.25, 0.3) is 0 Å². The normalized spacial score (nSPS) is 19.8. The maximum absolute atomic E-state index is 6.42. The van der Waals surface area contributed by atoms with Gasteiger partial charge in [0.2, 0.25) is 0 Å². The van der Waals surface area contributed by atoms with Gasteiger partial charge in [-0.1, -0.05) is 83.9 Å². The van der Waals surface area contributed by atoms with E-state index < -0.39 is 0 Å². The minimum atomic E-state index is 0.132. The van der Waals surface area contributed by atoms with Crippen LogP contribution in [0.1, 0.15) is 29.0 Å². The standard InChI is InChI=1S/C26H28ClNO/c1-20-8-7-9-21(18-20)14-16-28-17-15-25(29-26-13-6-5-12-24(26)27)23(19-28)22-10-3-2-4-11-22/h2-13,18,23,25H,14-17,19H2,1H3/t23-,25-/m0/s1. The largest absolute Gasteiger partial charge is 0.488 e. The number of hydrogen-bond donors (Lipinski definition) is 0. The second-order valence-corrected chi connectivity index (χ2v) is 8.34. The third-order valence-electron chi connectivity index (χ3n) is 5.78. The number of rotatable bonds is 6. The Balaban J connectivity index is 1.47. The lowest BCUT2D eigenvalue weighted by Gasteiger charge is -2.39. The summed E-state index contributed by atoms with van der Waals surface area (Å²) in [5.41, 5.74) is 4.08. The Kier molecular flexibility index (Phi) is 6.53.